The standard InChI is InChI=1S/C13H19N3OS.C7H6F2O/c1-9-4-2-3-5-11(9)13(17)16-10-6-7-15-12(8-10)18-14;1-10-6-4-2-3-5(8)7(6)9/h6-9,11H,2-5,14H2,1H3,(H,15,16,17);2-4H,1H3. The summed E-state index contributed by atoms with van der Waals surface area (Å²) in [5.41, 5.74) is 0.778. The molecule has 0 aliphatic heterocycles. The number of nitrogens with zero attached hydrogens (tertiary/aromatic N) is 1. The Labute approximate surface area is 168 Å². The first-order valence-corrected chi connectivity index (χ1v) is 9.95. The number of carbonyl (C=O) groups excluding carboxylic acids is 1. The molecule has 1 aliphatic carbocycles. The molecular weight excluding hydrogens is 384 g/mol. The Hall–Kier alpha value is -2.19. The number of pyridine rings is 1. The molecule has 28 heavy (non-hydrogen) atoms. The van der Waals surface area contributed by atoms with E-state index in [2.05, 4.69) is 22.0 Å². The highest BCUT2D eigenvalue weighted by molar-refractivity contribution is 7.97. The van der Waals surface area contributed by atoms with Gasteiger partial charge in [0.2, 0.25) is 11.7 Å². The van der Waals surface area contributed by atoms with Crippen molar-refractivity contribution in [1.82, 2.24) is 4.98 Å². The van der Waals surface area contributed by atoms with Crippen LogP contribution in [0.2, 0.25) is 0 Å². The van der Waals surface area contributed by atoms with Gasteiger partial charge in [0.25, 0.3) is 0 Å². The first-order valence-electron chi connectivity index (χ1n) is 9.08. The summed E-state index contributed by atoms with van der Waals surface area (Å²) in [6.45, 7) is 2.16. The van der Waals surface area contributed by atoms with Crippen LogP contribution in [0.5, 0.6) is 5.75 Å². The maximum Gasteiger partial charge on any atom is 0.227 e. The van der Waals surface area contributed by atoms with Crippen LogP contribution in [-0.4, -0.2) is 18.0 Å². The Morgan fingerprint density at radius 2 is 2.04 bits per heavy atom. The number of halogens is 2. The SMILES string of the molecule is CC1CCCCC1C(=O)Nc1ccnc(SN)c1.COc1cccc(F)c1F. The number of benzene rings is 1. The zero-order valence-electron chi connectivity index (χ0n) is 16.0. The van der Waals surface area contributed by atoms with E-state index < -0.39 is 11.6 Å². The fourth-order valence-corrected chi connectivity index (χ4v) is 3.45. The zero-order chi connectivity index (χ0) is 20.5. The molecule has 0 radical (unpaired) electrons. The Morgan fingerprint density at radius 1 is 1.29 bits per heavy atom. The molecule has 0 saturated heterocycles. The largest absolute Gasteiger partial charge is 0.494 e. The van der Waals surface area contributed by atoms with Crippen molar-refractivity contribution >= 4 is 23.5 Å². The molecule has 1 aromatic heterocycles. The van der Waals surface area contributed by atoms with Gasteiger partial charge in [-0.15, -0.1) is 0 Å². The van der Waals surface area contributed by atoms with E-state index in [0.29, 0.717) is 10.9 Å². The molecule has 2 atom stereocenters. The van der Waals surface area contributed by atoms with E-state index in [9.17, 15) is 13.6 Å². The summed E-state index contributed by atoms with van der Waals surface area (Å²) in [6, 6.07) is 7.38. The molecule has 3 rings (SSSR count). The quantitative estimate of drug-likeness (QED) is 0.710. The Morgan fingerprint density at radius 3 is 2.68 bits per heavy atom. The monoisotopic (exact) mass is 409 g/mol. The lowest BCUT2D eigenvalue weighted by molar-refractivity contribution is -0.122. The number of hydrogen-bond donors (Lipinski definition) is 2. The summed E-state index contributed by atoms with van der Waals surface area (Å²) in [7, 11) is 1.29. The summed E-state index contributed by atoms with van der Waals surface area (Å²) < 4.78 is 29.3. The second kappa shape index (κ2) is 11.0. The van der Waals surface area contributed by atoms with E-state index >= 15 is 0 Å². The molecule has 1 amide bonds. The lowest BCUT2D eigenvalue weighted by Gasteiger charge is -2.27. The van der Waals surface area contributed by atoms with Gasteiger partial charge in [-0.3, -0.25) is 9.93 Å². The number of ether oxygens (including phenoxy) is 1. The van der Waals surface area contributed by atoms with E-state index in [1.165, 1.54) is 25.7 Å². The fourth-order valence-electron chi connectivity index (χ4n) is 3.13. The Kier molecular flexibility index (Phi) is 8.66. The van der Waals surface area contributed by atoms with Gasteiger partial charge < -0.3 is 10.1 Å². The maximum atomic E-state index is 12.5. The van der Waals surface area contributed by atoms with Gasteiger partial charge >= 0.3 is 0 Å². The van der Waals surface area contributed by atoms with Gasteiger partial charge in [-0.2, -0.15) is 4.39 Å². The van der Waals surface area contributed by atoms with Crippen LogP contribution < -0.4 is 15.2 Å². The highest BCUT2D eigenvalue weighted by Crippen LogP contribution is 2.30. The lowest BCUT2D eigenvalue weighted by Crippen LogP contribution is -2.30. The summed E-state index contributed by atoms with van der Waals surface area (Å²) >= 11 is 1.08. The molecule has 1 aromatic carbocycles. The van der Waals surface area contributed by atoms with Gasteiger partial charge in [0, 0.05) is 17.8 Å². The van der Waals surface area contributed by atoms with E-state index in [0.717, 1.165) is 43.0 Å². The Balaban J connectivity index is 0.000000237. The van der Waals surface area contributed by atoms with Crippen LogP contribution in [0.15, 0.2) is 41.6 Å². The molecule has 1 saturated carbocycles. The van der Waals surface area contributed by atoms with Crippen LogP contribution in [0.25, 0.3) is 0 Å². The van der Waals surface area contributed by atoms with Gasteiger partial charge in [-0.1, -0.05) is 25.8 Å². The average molecular weight is 410 g/mol. The average Bonchev–Trinajstić information content (AvgIpc) is 2.71. The minimum Gasteiger partial charge on any atom is -0.494 e. The fraction of sp³-hybridized carbons (Fsp3) is 0.400. The van der Waals surface area contributed by atoms with Gasteiger partial charge in [-0.05, 0) is 55.0 Å². The molecule has 152 valence electrons. The van der Waals surface area contributed by atoms with Crippen molar-refractivity contribution in [3.05, 3.63) is 48.2 Å². The first kappa shape index (κ1) is 22.1. The van der Waals surface area contributed by atoms with Crippen molar-refractivity contribution in [3.63, 3.8) is 0 Å². The summed E-state index contributed by atoms with van der Waals surface area (Å²) in [4.78, 5) is 16.3. The molecule has 5 nitrogen and oxygen atoms in total. The number of anilines is 1. The highest BCUT2D eigenvalue weighted by atomic mass is 32.2. The summed E-state index contributed by atoms with van der Waals surface area (Å²) in [5, 5.41) is 9.14. The smallest absolute Gasteiger partial charge is 0.227 e. The molecule has 2 aromatic rings. The molecule has 1 heterocycles. The topological polar surface area (TPSA) is 77.2 Å². The van der Waals surface area contributed by atoms with Crippen molar-refractivity contribution in [3.8, 4) is 5.75 Å². The number of rotatable bonds is 4. The molecule has 2 unspecified atom stereocenters. The van der Waals surface area contributed by atoms with Crippen LogP contribution >= 0.6 is 11.9 Å². The number of carbonyl (C=O) groups is 1. The van der Waals surface area contributed by atoms with Crippen LogP contribution in [0.3, 0.4) is 0 Å². The zero-order valence-corrected chi connectivity index (χ0v) is 16.8. The predicted molar refractivity (Wildman–Crippen MR) is 107 cm³/mol. The minimum absolute atomic E-state index is 0.0694. The summed E-state index contributed by atoms with van der Waals surface area (Å²) in [6.07, 6.45) is 6.21. The van der Waals surface area contributed by atoms with E-state index in [1.54, 1.807) is 18.3 Å². The third-order valence-electron chi connectivity index (χ3n) is 4.71. The van der Waals surface area contributed by atoms with E-state index in [1.807, 2.05) is 0 Å². The Bertz CT molecular complexity index is 792. The van der Waals surface area contributed by atoms with Gasteiger partial charge in [0.1, 0.15) is 5.03 Å². The normalized spacial score (nSPS) is 18.6. The van der Waals surface area contributed by atoms with Crippen LogP contribution in [0, 0.1) is 23.5 Å². The molecule has 0 bridgehead atoms. The minimum atomic E-state index is -0.940. The maximum absolute atomic E-state index is 12.5. The van der Waals surface area contributed by atoms with Crippen LogP contribution in [0.1, 0.15) is 32.6 Å². The number of aromatic nitrogens is 1. The number of methoxy groups -OCH3 is 1. The molecule has 1 aliphatic rings. The van der Waals surface area contributed by atoms with Crippen molar-refractivity contribution < 1.29 is 18.3 Å². The molecule has 8 heteroatoms. The van der Waals surface area contributed by atoms with Gasteiger partial charge in [0.15, 0.2) is 11.6 Å². The van der Waals surface area contributed by atoms with Crippen LogP contribution in [-0.2, 0) is 4.79 Å². The predicted octanol–water partition coefficient (Wildman–Crippen LogP) is 4.79. The summed E-state index contributed by atoms with van der Waals surface area (Å²) in [5.74, 6) is -1.16. The molecular formula is C20H25F2N3O2S. The lowest BCUT2D eigenvalue weighted by atomic mass is 9.80. The van der Waals surface area contributed by atoms with Crippen molar-refractivity contribution in [2.24, 2.45) is 17.0 Å². The van der Waals surface area contributed by atoms with Crippen molar-refractivity contribution in [2.75, 3.05) is 12.4 Å². The van der Waals surface area contributed by atoms with E-state index in [-0.39, 0.29) is 17.6 Å². The van der Waals surface area contributed by atoms with E-state index in [4.69, 9.17) is 5.14 Å². The number of nitrogens with two attached hydrogens (primary N) is 1. The third-order valence-corrected chi connectivity index (χ3v) is 5.17. The third kappa shape index (κ3) is 6.17. The second-order valence-corrected chi connectivity index (χ2v) is 7.27. The number of amides is 1. The van der Waals surface area contributed by atoms with Gasteiger partial charge in [0.05, 0.1) is 7.11 Å². The highest BCUT2D eigenvalue weighted by Gasteiger charge is 2.27. The first-order chi connectivity index (χ1) is 13.5. The molecule has 0 spiro atoms. The molecule has 1 fully saturated rings. The van der Waals surface area contributed by atoms with Crippen LogP contribution in [0.4, 0.5) is 14.5 Å². The second-order valence-electron chi connectivity index (χ2n) is 6.61. The number of hydrogen-bond acceptors (Lipinski definition) is 5. The van der Waals surface area contributed by atoms with Gasteiger partial charge in [-0.25, -0.2) is 9.37 Å². The van der Waals surface area contributed by atoms with Crippen molar-refractivity contribution in [2.45, 2.75) is 37.6 Å². The van der Waals surface area contributed by atoms with Crippen molar-refractivity contribution in [1.29, 1.82) is 0 Å². The number of nitrogens with one attached hydrogen (secondary N) is 1. The molecule has 3 N–H and O–H groups in total.